The Bertz CT molecular complexity index is 673. The molecule has 0 unspecified atom stereocenters. The molecule has 1 atom stereocenters. The average molecular weight is 394 g/mol. The number of hydrogen-bond donors (Lipinski definition) is 1. The van der Waals surface area contributed by atoms with Crippen LogP contribution in [0.1, 0.15) is 24.1 Å². The third kappa shape index (κ3) is 5.29. The average Bonchev–Trinajstić information content (AvgIpc) is 2.54. The summed E-state index contributed by atoms with van der Waals surface area (Å²) in [5, 5.41) is 3.02. The van der Waals surface area contributed by atoms with E-state index in [4.69, 9.17) is 4.74 Å². The third-order valence-electron chi connectivity index (χ3n) is 3.44. The molecule has 0 aliphatic rings. The second-order valence-corrected chi connectivity index (χ2v) is 7.19. The number of nitrogens with one attached hydrogen (secondary N) is 1. The van der Waals surface area contributed by atoms with Crippen LogP contribution in [0.5, 0.6) is 5.75 Å². The van der Waals surface area contributed by atoms with Crippen molar-refractivity contribution in [2.45, 2.75) is 24.8 Å². The Hall–Kier alpha value is -1.46. The number of aryl methyl sites for hydroxylation is 1. The van der Waals surface area contributed by atoms with Gasteiger partial charge in [-0.15, -0.1) is 11.8 Å². The zero-order chi connectivity index (χ0) is 16.8. The fourth-order valence-electron chi connectivity index (χ4n) is 2.10. The maximum absolute atomic E-state index is 12.1. The highest BCUT2D eigenvalue weighted by atomic mass is 79.9. The van der Waals surface area contributed by atoms with Crippen molar-refractivity contribution < 1.29 is 9.53 Å². The van der Waals surface area contributed by atoms with Crippen LogP contribution >= 0.6 is 27.7 Å². The van der Waals surface area contributed by atoms with Crippen LogP contribution < -0.4 is 10.1 Å². The van der Waals surface area contributed by atoms with Gasteiger partial charge in [-0.1, -0.05) is 23.8 Å². The maximum Gasteiger partial charge on any atom is 0.230 e. The Labute approximate surface area is 149 Å². The van der Waals surface area contributed by atoms with E-state index < -0.39 is 0 Å². The highest BCUT2D eigenvalue weighted by molar-refractivity contribution is 9.10. The zero-order valence-corrected chi connectivity index (χ0v) is 15.8. The first-order valence-electron chi connectivity index (χ1n) is 7.32. The molecule has 23 heavy (non-hydrogen) atoms. The fraction of sp³-hybridized carbons (Fsp3) is 0.278. The summed E-state index contributed by atoms with van der Waals surface area (Å²) in [5.41, 5.74) is 2.25. The predicted molar refractivity (Wildman–Crippen MR) is 99.2 cm³/mol. The molecule has 0 heterocycles. The van der Waals surface area contributed by atoms with E-state index in [1.54, 1.807) is 18.9 Å². The number of ether oxygens (including phenoxy) is 1. The Balaban J connectivity index is 1.89. The molecule has 3 nitrogen and oxygen atoms in total. The number of carbonyl (C=O) groups excluding carboxylic acids is 1. The summed E-state index contributed by atoms with van der Waals surface area (Å²) in [4.78, 5) is 13.2. The molecule has 0 aromatic heterocycles. The second-order valence-electron chi connectivity index (χ2n) is 5.28. The van der Waals surface area contributed by atoms with Gasteiger partial charge in [0, 0.05) is 4.90 Å². The van der Waals surface area contributed by atoms with Gasteiger partial charge in [0.05, 0.1) is 23.4 Å². The Morgan fingerprint density at radius 2 is 1.96 bits per heavy atom. The van der Waals surface area contributed by atoms with Crippen LogP contribution in [-0.4, -0.2) is 18.8 Å². The zero-order valence-electron chi connectivity index (χ0n) is 13.4. The number of hydrogen-bond acceptors (Lipinski definition) is 3. The molecule has 0 saturated heterocycles. The largest absolute Gasteiger partial charge is 0.496 e. The lowest BCUT2D eigenvalue weighted by molar-refractivity contribution is -0.119. The van der Waals surface area contributed by atoms with Gasteiger partial charge in [-0.3, -0.25) is 4.79 Å². The van der Waals surface area contributed by atoms with E-state index in [1.165, 1.54) is 5.56 Å². The summed E-state index contributed by atoms with van der Waals surface area (Å²) >= 11 is 5.01. The van der Waals surface area contributed by atoms with Crippen molar-refractivity contribution in [2.75, 3.05) is 12.9 Å². The number of benzene rings is 2. The van der Waals surface area contributed by atoms with Crippen molar-refractivity contribution >= 4 is 33.6 Å². The minimum Gasteiger partial charge on any atom is -0.496 e. The molecule has 1 N–H and O–H groups in total. The summed E-state index contributed by atoms with van der Waals surface area (Å²) in [6, 6.07) is 14.0. The van der Waals surface area contributed by atoms with Crippen molar-refractivity contribution in [3.05, 3.63) is 58.1 Å². The van der Waals surface area contributed by atoms with Gasteiger partial charge in [0.15, 0.2) is 0 Å². The number of halogens is 1. The lowest BCUT2D eigenvalue weighted by Gasteiger charge is -2.15. The van der Waals surface area contributed by atoms with Crippen LogP contribution in [0.15, 0.2) is 51.8 Å². The molecule has 2 rings (SSSR count). The number of carbonyl (C=O) groups is 1. The van der Waals surface area contributed by atoms with Gasteiger partial charge in [0.1, 0.15) is 5.75 Å². The quantitative estimate of drug-likeness (QED) is 0.720. The Morgan fingerprint density at radius 1 is 1.26 bits per heavy atom. The molecule has 0 spiro atoms. The first-order chi connectivity index (χ1) is 11.0. The van der Waals surface area contributed by atoms with E-state index in [0.717, 1.165) is 20.7 Å². The number of rotatable bonds is 6. The number of amides is 1. The molecule has 122 valence electrons. The Morgan fingerprint density at radius 3 is 2.57 bits per heavy atom. The van der Waals surface area contributed by atoms with Gasteiger partial charge in [-0.25, -0.2) is 0 Å². The summed E-state index contributed by atoms with van der Waals surface area (Å²) in [6.07, 6.45) is 0. The van der Waals surface area contributed by atoms with E-state index in [9.17, 15) is 4.79 Å². The van der Waals surface area contributed by atoms with Crippen molar-refractivity contribution in [3.63, 3.8) is 0 Å². The molecule has 2 aromatic carbocycles. The van der Waals surface area contributed by atoms with E-state index in [1.807, 2.05) is 37.3 Å². The van der Waals surface area contributed by atoms with Crippen molar-refractivity contribution in [1.82, 2.24) is 5.32 Å². The summed E-state index contributed by atoms with van der Waals surface area (Å²) in [5.74, 6) is 1.21. The molecule has 0 aliphatic heterocycles. The predicted octanol–water partition coefficient (Wildman–Crippen LogP) is 4.74. The fourth-order valence-corrected chi connectivity index (χ4v) is 3.37. The summed E-state index contributed by atoms with van der Waals surface area (Å²) in [7, 11) is 1.63. The van der Waals surface area contributed by atoms with Crippen molar-refractivity contribution in [3.8, 4) is 5.75 Å². The molecule has 1 amide bonds. The first kappa shape index (κ1) is 17.9. The van der Waals surface area contributed by atoms with Crippen LogP contribution in [0.3, 0.4) is 0 Å². The van der Waals surface area contributed by atoms with Gasteiger partial charge in [0.2, 0.25) is 5.91 Å². The molecule has 2 aromatic rings. The topological polar surface area (TPSA) is 38.3 Å². The molecule has 5 heteroatoms. The van der Waals surface area contributed by atoms with Crippen LogP contribution in [0.2, 0.25) is 0 Å². The van der Waals surface area contributed by atoms with Crippen LogP contribution in [0, 0.1) is 6.92 Å². The molecular formula is C18H20BrNO2S. The second kappa shape index (κ2) is 8.41. The first-order valence-corrected chi connectivity index (χ1v) is 9.09. The lowest BCUT2D eigenvalue weighted by atomic mass is 10.1. The monoisotopic (exact) mass is 393 g/mol. The number of thioether (sulfide) groups is 1. The van der Waals surface area contributed by atoms with Crippen LogP contribution in [0.25, 0.3) is 0 Å². The van der Waals surface area contributed by atoms with E-state index in [2.05, 4.69) is 40.3 Å². The van der Waals surface area contributed by atoms with Crippen molar-refractivity contribution in [1.29, 1.82) is 0 Å². The SMILES string of the molecule is COc1ccc([C@@H](C)NC(=O)CSc2ccc(C)cc2)cc1Br. The van der Waals surface area contributed by atoms with Crippen molar-refractivity contribution in [2.24, 2.45) is 0 Å². The van der Waals surface area contributed by atoms with Gasteiger partial charge >= 0.3 is 0 Å². The van der Waals surface area contributed by atoms with Gasteiger partial charge in [0.25, 0.3) is 0 Å². The maximum atomic E-state index is 12.1. The molecule has 0 saturated carbocycles. The molecule has 0 aliphatic carbocycles. The van der Waals surface area contributed by atoms with Crippen LogP contribution in [0.4, 0.5) is 0 Å². The lowest BCUT2D eigenvalue weighted by Crippen LogP contribution is -2.28. The smallest absolute Gasteiger partial charge is 0.230 e. The van der Waals surface area contributed by atoms with E-state index in [0.29, 0.717) is 5.75 Å². The van der Waals surface area contributed by atoms with E-state index >= 15 is 0 Å². The highest BCUT2D eigenvalue weighted by Crippen LogP contribution is 2.28. The van der Waals surface area contributed by atoms with E-state index in [-0.39, 0.29) is 11.9 Å². The highest BCUT2D eigenvalue weighted by Gasteiger charge is 2.11. The number of methoxy groups -OCH3 is 1. The Kier molecular flexibility index (Phi) is 6.54. The minimum absolute atomic E-state index is 0.0232. The molecule has 0 bridgehead atoms. The molecular weight excluding hydrogens is 374 g/mol. The van der Waals surface area contributed by atoms with Crippen LogP contribution in [-0.2, 0) is 4.79 Å². The summed E-state index contributed by atoms with van der Waals surface area (Å²) < 4.78 is 6.10. The molecule has 0 fully saturated rings. The summed E-state index contributed by atoms with van der Waals surface area (Å²) in [6.45, 7) is 4.03. The van der Waals surface area contributed by atoms with Gasteiger partial charge in [-0.05, 0) is 59.6 Å². The molecule has 0 radical (unpaired) electrons. The standard InChI is InChI=1S/C18H20BrNO2S/c1-12-4-7-15(8-5-12)23-11-18(21)20-13(2)14-6-9-17(22-3)16(19)10-14/h4-10,13H,11H2,1-3H3,(H,20,21)/t13-/m1/s1. The van der Waals surface area contributed by atoms with Gasteiger partial charge in [-0.2, -0.15) is 0 Å². The van der Waals surface area contributed by atoms with Gasteiger partial charge < -0.3 is 10.1 Å². The third-order valence-corrected chi connectivity index (χ3v) is 5.08. The normalized spacial score (nSPS) is 11.8. The minimum atomic E-state index is -0.0525.